The van der Waals surface area contributed by atoms with Gasteiger partial charge in [0.2, 0.25) is 5.91 Å². The van der Waals surface area contributed by atoms with Crippen molar-refractivity contribution < 1.29 is 19.1 Å². The topological polar surface area (TPSA) is 71.3 Å². The maximum Gasteiger partial charge on any atom is 0.326 e. The molecule has 0 saturated heterocycles. The van der Waals surface area contributed by atoms with Crippen LogP contribution in [0.25, 0.3) is 10.9 Å². The number of nitrogens with one attached hydrogen (secondary N) is 1. The molecular formula is C24H24ClFN2O3. The first-order valence-corrected chi connectivity index (χ1v) is 10.8. The first-order chi connectivity index (χ1) is 14.9. The van der Waals surface area contributed by atoms with Crippen molar-refractivity contribution in [1.82, 2.24) is 9.88 Å². The van der Waals surface area contributed by atoms with Crippen molar-refractivity contribution in [3.05, 3.63) is 70.1 Å². The van der Waals surface area contributed by atoms with Crippen LogP contribution in [-0.4, -0.2) is 27.6 Å². The second kappa shape index (κ2) is 8.71. The zero-order valence-corrected chi connectivity index (χ0v) is 18.0. The maximum absolute atomic E-state index is 14.0. The van der Waals surface area contributed by atoms with E-state index in [1.54, 1.807) is 18.2 Å². The lowest BCUT2D eigenvalue weighted by Gasteiger charge is -2.26. The predicted molar refractivity (Wildman–Crippen MR) is 118 cm³/mol. The van der Waals surface area contributed by atoms with Crippen LogP contribution in [0.2, 0.25) is 5.02 Å². The van der Waals surface area contributed by atoms with Crippen LogP contribution in [0.3, 0.4) is 0 Å². The van der Waals surface area contributed by atoms with Gasteiger partial charge in [-0.3, -0.25) is 4.79 Å². The number of halogens is 2. The molecule has 1 amide bonds. The fourth-order valence-corrected chi connectivity index (χ4v) is 4.70. The van der Waals surface area contributed by atoms with Crippen molar-refractivity contribution in [3.63, 3.8) is 0 Å². The predicted octanol–water partition coefficient (Wildman–Crippen LogP) is 4.69. The van der Waals surface area contributed by atoms with Gasteiger partial charge in [-0.05, 0) is 67.1 Å². The standard InChI is InChI=1S/C24H24ClFN2O3/c1-2-20(24(30)31)28-21-9-7-16(26)12-18(21)19-13-17(8-10-22(19)28)27-23(29)11-14-3-5-15(25)6-4-14/h3-7,9,12,17,20H,2,8,10-11,13H2,1H3,(H,27,29)(H,30,31). The van der Waals surface area contributed by atoms with E-state index in [0.717, 1.165) is 27.7 Å². The average molecular weight is 443 g/mol. The molecule has 0 fully saturated rings. The molecule has 1 aliphatic carbocycles. The molecule has 162 valence electrons. The fraction of sp³-hybridized carbons (Fsp3) is 0.333. The number of aliphatic carboxylic acids is 1. The molecule has 2 aromatic carbocycles. The van der Waals surface area contributed by atoms with Gasteiger partial charge in [0, 0.05) is 27.7 Å². The summed E-state index contributed by atoms with van der Waals surface area (Å²) in [6.45, 7) is 1.84. The molecule has 31 heavy (non-hydrogen) atoms. The number of fused-ring (bicyclic) bond motifs is 3. The van der Waals surface area contributed by atoms with Crippen molar-refractivity contribution in [3.8, 4) is 0 Å². The Bertz CT molecular complexity index is 1140. The summed E-state index contributed by atoms with van der Waals surface area (Å²) in [4.78, 5) is 24.4. The van der Waals surface area contributed by atoms with E-state index in [1.165, 1.54) is 12.1 Å². The third-order valence-corrected chi connectivity index (χ3v) is 6.24. The number of hydrogen-bond donors (Lipinski definition) is 2. The summed E-state index contributed by atoms with van der Waals surface area (Å²) in [5.41, 5.74) is 3.47. The molecule has 1 heterocycles. The second-order valence-electron chi connectivity index (χ2n) is 8.03. The van der Waals surface area contributed by atoms with E-state index in [0.29, 0.717) is 30.7 Å². The molecule has 0 radical (unpaired) electrons. The summed E-state index contributed by atoms with van der Waals surface area (Å²) < 4.78 is 15.9. The normalized spacial score (nSPS) is 16.7. The van der Waals surface area contributed by atoms with E-state index < -0.39 is 12.0 Å². The minimum Gasteiger partial charge on any atom is -0.480 e. The van der Waals surface area contributed by atoms with Crippen LogP contribution in [0.4, 0.5) is 4.39 Å². The van der Waals surface area contributed by atoms with Crippen molar-refractivity contribution in [2.75, 3.05) is 0 Å². The molecule has 0 spiro atoms. The largest absolute Gasteiger partial charge is 0.480 e. The molecule has 2 N–H and O–H groups in total. The molecule has 0 aliphatic heterocycles. The molecular weight excluding hydrogens is 419 g/mol. The van der Waals surface area contributed by atoms with Gasteiger partial charge in [0.05, 0.1) is 6.42 Å². The van der Waals surface area contributed by atoms with Crippen molar-refractivity contribution in [2.24, 2.45) is 0 Å². The SMILES string of the molecule is CCC(C(=O)O)n1c2c(c3cc(F)ccc31)CC(NC(=O)Cc1ccc(Cl)cc1)CC2. The second-order valence-corrected chi connectivity index (χ2v) is 8.47. The summed E-state index contributed by atoms with van der Waals surface area (Å²) in [6.07, 6.45) is 2.57. The maximum atomic E-state index is 14.0. The number of carboxylic acid groups (broad SMARTS) is 1. The number of nitrogens with zero attached hydrogens (tertiary/aromatic N) is 1. The van der Waals surface area contributed by atoms with Crippen LogP contribution >= 0.6 is 11.6 Å². The van der Waals surface area contributed by atoms with E-state index in [-0.39, 0.29) is 24.2 Å². The van der Waals surface area contributed by atoms with Gasteiger partial charge in [-0.1, -0.05) is 30.7 Å². The number of rotatable bonds is 6. The van der Waals surface area contributed by atoms with Gasteiger partial charge in [0.1, 0.15) is 11.9 Å². The number of hydrogen-bond acceptors (Lipinski definition) is 2. The van der Waals surface area contributed by atoms with E-state index >= 15 is 0 Å². The van der Waals surface area contributed by atoms with Crippen LogP contribution in [0.5, 0.6) is 0 Å². The Balaban J connectivity index is 1.60. The van der Waals surface area contributed by atoms with Crippen LogP contribution < -0.4 is 5.32 Å². The van der Waals surface area contributed by atoms with Gasteiger partial charge in [-0.2, -0.15) is 0 Å². The molecule has 4 rings (SSSR count). The highest BCUT2D eigenvalue weighted by Crippen LogP contribution is 2.36. The smallest absolute Gasteiger partial charge is 0.326 e. The van der Waals surface area contributed by atoms with Gasteiger partial charge in [-0.25, -0.2) is 9.18 Å². The highest BCUT2D eigenvalue weighted by molar-refractivity contribution is 6.30. The summed E-state index contributed by atoms with van der Waals surface area (Å²) in [6, 6.07) is 10.9. The molecule has 2 atom stereocenters. The molecule has 3 aromatic rings. The van der Waals surface area contributed by atoms with E-state index in [9.17, 15) is 19.1 Å². The first-order valence-electron chi connectivity index (χ1n) is 10.4. The molecule has 1 aliphatic rings. The average Bonchev–Trinajstić information content (AvgIpc) is 3.03. The zero-order chi connectivity index (χ0) is 22.1. The molecule has 2 unspecified atom stereocenters. The van der Waals surface area contributed by atoms with Gasteiger partial charge >= 0.3 is 5.97 Å². The Labute approximate surface area is 184 Å². The number of carbonyl (C=O) groups excluding carboxylic acids is 1. The highest BCUT2D eigenvalue weighted by Gasteiger charge is 2.30. The number of carboxylic acids is 1. The van der Waals surface area contributed by atoms with Crippen LogP contribution in [0, 0.1) is 5.82 Å². The number of amides is 1. The number of benzene rings is 2. The summed E-state index contributed by atoms with van der Waals surface area (Å²) in [5.74, 6) is -1.34. The van der Waals surface area contributed by atoms with Crippen molar-refractivity contribution in [1.29, 1.82) is 0 Å². The molecule has 1 aromatic heterocycles. The van der Waals surface area contributed by atoms with Gasteiger partial charge < -0.3 is 15.0 Å². The quantitative estimate of drug-likeness (QED) is 0.582. The molecule has 0 saturated carbocycles. The lowest BCUT2D eigenvalue weighted by Crippen LogP contribution is -2.40. The first kappa shape index (κ1) is 21.4. The fourth-order valence-electron chi connectivity index (χ4n) is 4.58. The lowest BCUT2D eigenvalue weighted by molar-refractivity contribution is -0.141. The summed E-state index contributed by atoms with van der Waals surface area (Å²) in [5, 5.41) is 14.2. The highest BCUT2D eigenvalue weighted by atomic mass is 35.5. The minimum atomic E-state index is -0.898. The minimum absolute atomic E-state index is 0.0809. The molecule has 5 nitrogen and oxygen atoms in total. The van der Waals surface area contributed by atoms with Crippen molar-refractivity contribution in [2.45, 2.75) is 51.1 Å². The summed E-state index contributed by atoms with van der Waals surface area (Å²) >= 11 is 5.90. The number of aromatic nitrogens is 1. The van der Waals surface area contributed by atoms with Crippen LogP contribution in [0.15, 0.2) is 42.5 Å². The lowest BCUT2D eigenvalue weighted by atomic mass is 9.91. The van der Waals surface area contributed by atoms with Gasteiger partial charge in [-0.15, -0.1) is 0 Å². The Morgan fingerprint density at radius 1 is 1.26 bits per heavy atom. The third-order valence-electron chi connectivity index (χ3n) is 5.99. The Morgan fingerprint density at radius 3 is 2.68 bits per heavy atom. The zero-order valence-electron chi connectivity index (χ0n) is 17.2. The molecule has 7 heteroatoms. The van der Waals surface area contributed by atoms with Crippen molar-refractivity contribution >= 4 is 34.4 Å². The Kier molecular flexibility index (Phi) is 6.01. The number of carbonyl (C=O) groups is 2. The monoisotopic (exact) mass is 442 g/mol. The van der Waals surface area contributed by atoms with E-state index in [2.05, 4.69) is 5.32 Å². The van der Waals surface area contributed by atoms with Gasteiger partial charge in [0.15, 0.2) is 0 Å². The van der Waals surface area contributed by atoms with Gasteiger partial charge in [0.25, 0.3) is 0 Å². The van der Waals surface area contributed by atoms with Crippen LogP contribution in [0.1, 0.15) is 42.6 Å². The van der Waals surface area contributed by atoms with Crippen LogP contribution in [-0.2, 0) is 28.9 Å². The van der Waals surface area contributed by atoms with E-state index in [1.807, 2.05) is 23.6 Å². The van der Waals surface area contributed by atoms with E-state index in [4.69, 9.17) is 11.6 Å². The third kappa shape index (κ3) is 4.30. The Hall–Kier alpha value is -2.86. The molecule has 0 bridgehead atoms. The Morgan fingerprint density at radius 2 is 2.00 bits per heavy atom. The summed E-state index contributed by atoms with van der Waals surface area (Å²) in [7, 11) is 0.